The molecule has 1 atom stereocenters. The number of benzene rings is 2. The molecule has 0 aromatic heterocycles. The lowest BCUT2D eigenvalue weighted by Crippen LogP contribution is -2.24. The van der Waals surface area contributed by atoms with Crippen LogP contribution in [0, 0.1) is 0 Å². The van der Waals surface area contributed by atoms with E-state index in [1.165, 1.54) is 11.1 Å². The number of hydrogen-bond donors (Lipinski definition) is 1. The minimum atomic E-state index is -0.285. The number of nitrogens with one attached hydrogen (secondary N) is 1. The molecule has 0 heterocycles. The van der Waals surface area contributed by atoms with Gasteiger partial charge in [-0.05, 0) is 47.6 Å². The van der Waals surface area contributed by atoms with Crippen LogP contribution in [0.15, 0.2) is 53.6 Å². The van der Waals surface area contributed by atoms with Crippen LogP contribution < -0.4 is 10.2 Å². The first kappa shape index (κ1) is 18.7. The van der Waals surface area contributed by atoms with Crippen molar-refractivity contribution < 1.29 is 9.53 Å². The van der Waals surface area contributed by atoms with Crippen molar-refractivity contribution in [3.8, 4) is 5.75 Å². The first-order valence-electron chi connectivity index (χ1n) is 8.76. The van der Waals surface area contributed by atoms with Gasteiger partial charge in [0.05, 0.1) is 6.21 Å². The fourth-order valence-electron chi connectivity index (χ4n) is 2.33. The molecule has 0 saturated carbocycles. The van der Waals surface area contributed by atoms with Crippen molar-refractivity contribution in [3.63, 3.8) is 0 Å². The normalized spacial score (nSPS) is 12.1. The van der Waals surface area contributed by atoms with Crippen LogP contribution in [0.3, 0.4) is 0 Å². The van der Waals surface area contributed by atoms with E-state index in [1.54, 1.807) is 6.21 Å². The van der Waals surface area contributed by atoms with Gasteiger partial charge >= 0.3 is 0 Å². The molecule has 2 aromatic carbocycles. The highest BCUT2D eigenvalue weighted by Crippen LogP contribution is 2.21. The van der Waals surface area contributed by atoms with Crippen LogP contribution in [0.5, 0.6) is 5.75 Å². The maximum Gasteiger partial charge on any atom is 0.277 e. The second-order valence-electron chi connectivity index (χ2n) is 6.06. The number of ether oxygens (including phenoxy) is 1. The summed E-state index contributed by atoms with van der Waals surface area (Å²) < 4.78 is 5.48. The Labute approximate surface area is 149 Å². The van der Waals surface area contributed by atoms with Gasteiger partial charge in [0.1, 0.15) is 5.75 Å². The van der Waals surface area contributed by atoms with Gasteiger partial charge in [-0.3, -0.25) is 4.79 Å². The fraction of sp³-hybridized carbons (Fsp3) is 0.333. The Kier molecular flexibility index (Phi) is 7.20. The molecule has 0 aliphatic rings. The molecule has 0 spiro atoms. The van der Waals surface area contributed by atoms with Crippen LogP contribution in [-0.4, -0.2) is 18.7 Å². The van der Waals surface area contributed by atoms with Crippen LogP contribution in [0.2, 0.25) is 0 Å². The highest BCUT2D eigenvalue weighted by molar-refractivity contribution is 5.82. The zero-order valence-electron chi connectivity index (χ0n) is 15.2. The largest absolute Gasteiger partial charge is 0.484 e. The van der Waals surface area contributed by atoms with E-state index in [9.17, 15) is 4.79 Å². The SMILES string of the molecule is CCc1ccc(/C=N/NC(=O)COc2ccc(C(C)CC)cc2)cc1. The van der Waals surface area contributed by atoms with Crippen LogP contribution >= 0.6 is 0 Å². The summed E-state index contributed by atoms with van der Waals surface area (Å²) in [6.07, 6.45) is 3.73. The number of hydrazone groups is 1. The van der Waals surface area contributed by atoms with Gasteiger partial charge in [-0.1, -0.05) is 57.2 Å². The summed E-state index contributed by atoms with van der Waals surface area (Å²) in [4.78, 5) is 11.8. The first-order valence-corrected chi connectivity index (χ1v) is 8.76. The Balaban J connectivity index is 1.77. The van der Waals surface area contributed by atoms with Crippen LogP contribution in [0.25, 0.3) is 0 Å². The number of hydrogen-bond acceptors (Lipinski definition) is 3. The zero-order valence-corrected chi connectivity index (χ0v) is 15.2. The molecule has 0 saturated heterocycles. The molecule has 25 heavy (non-hydrogen) atoms. The maximum absolute atomic E-state index is 11.8. The number of amides is 1. The summed E-state index contributed by atoms with van der Waals surface area (Å²) >= 11 is 0. The Morgan fingerprint density at radius 3 is 2.40 bits per heavy atom. The van der Waals surface area contributed by atoms with Crippen LogP contribution in [0.1, 0.15) is 49.8 Å². The number of carbonyl (C=O) groups is 1. The topological polar surface area (TPSA) is 50.7 Å². The zero-order chi connectivity index (χ0) is 18.1. The molecule has 1 amide bonds. The molecule has 1 N–H and O–H groups in total. The van der Waals surface area contributed by atoms with Gasteiger partial charge in [0.2, 0.25) is 0 Å². The summed E-state index contributed by atoms with van der Waals surface area (Å²) in [6.45, 7) is 6.41. The predicted molar refractivity (Wildman–Crippen MR) is 102 cm³/mol. The third-order valence-corrected chi connectivity index (χ3v) is 4.22. The molecular formula is C21H26N2O2. The van der Waals surface area contributed by atoms with Crippen molar-refractivity contribution in [2.75, 3.05) is 6.61 Å². The molecule has 0 radical (unpaired) electrons. The third-order valence-electron chi connectivity index (χ3n) is 4.22. The van der Waals surface area contributed by atoms with E-state index in [1.807, 2.05) is 36.4 Å². The second-order valence-corrected chi connectivity index (χ2v) is 6.06. The van der Waals surface area contributed by atoms with E-state index in [-0.39, 0.29) is 12.5 Å². The number of rotatable bonds is 8. The lowest BCUT2D eigenvalue weighted by Gasteiger charge is -2.10. The van der Waals surface area contributed by atoms with Gasteiger partial charge < -0.3 is 4.74 Å². The molecule has 2 aromatic rings. The van der Waals surface area contributed by atoms with Crippen molar-refractivity contribution in [2.45, 2.75) is 39.5 Å². The average Bonchev–Trinajstić information content (AvgIpc) is 2.66. The predicted octanol–water partition coefficient (Wildman–Crippen LogP) is 4.29. The summed E-state index contributed by atoms with van der Waals surface area (Å²) in [5.41, 5.74) is 5.97. The lowest BCUT2D eigenvalue weighted by molar-refractivity contribution is -0.123. The van der Waals surface area contributed by atoms with E-state index in [0.29, 0.717) is 11.7 Å². The fourth-order valence-corrected chi connectivity index (χ4v) is 2.33. The number of nitrogens with zero attached hydrogens (tertiary/aromatic N) is 1. The monoisotopic (exact) mass is 338 g/mol. The van der Waals surface area contributed by atoms with Crippen molar-refractivity contribution in [1.82, 2.24) is 5.43 Å². The van der Waals surface area contributed by atoms with Crippen molar-refractivity contribution in [3.05, 3.63) is 65.2 Å². The van der Waals surface area contributed by atoms with E-state index in [2.05, 4.69) is 43.4 Å². The summed E-state index contributed by atoms with van der Waals surface area (Å²) in [6, 6.07) is 15.9. The van der Waals surface area contributed by atoms with Gasteiger partial charge in [-0.25, -0.2) is 5.43 Å². The minimum absolute atomic E-state index is 0.0607. The number of aryl methyl sites for hydroxylation is 1. The quantitative estimate of drug-likeness (QED) is 0.576. The van der Waals surface area contributed by atoms with Gasteiger partial charge in [0.25, 0.3) is 5.91 Å². The van der Waals surface area contributed by atoms with E-state index >= 15 is 0 Å². The smallest absolute Gasteiger partial charge is 0.277 e. The van der Waals surface area contributed by atoms with E-state index in [4.69, 9.17) is 4.74 Å². The van der Waals surface area contributed by atoms with Crippen LogP contribution in [-0.2, 0) is 11.2 Å². The maximum atomic E-state index is 11.8. The Hall–Kier alpha value is -2.62. The molecule has 2 rings (SSSR count). The molecule has 4 nitrogen and oxygen atoms in total. The number of carbonyl (C=O) groups excluding carboxylic acids is 1. The average molecular weight is 338 g/mol. The molecule has 132 valence electrons. The highest BCUT2D eigenvalue weighted by Gasteiger charge is 2.04. The molecular weight excluding hydrogens is 312 g/mol. The lowest BCUT2D eigenvalue weighted by atomic mass is 9.99. The molecule has 0 fully saturated rings. The van der Waals surface area contributed by atoms with Crippen molar-refractivity contribution in [2.24, 2.45) is 5.10 Å². The molecule has 1 unspecified atom stereocenters. The molecule has 0 aliphatic heterocycles. The Morgan fingerprint density at radius 1 is 1.12 bits per heavy atom. The van der Waals surface area contributed by atoms with Gasteiger partial charge in [0.15, 0.2) is 6.61 Å². The van der Waals surface area contributed by atoms with Gasteiger partial charge in [-0.15, -0.1) is 0 Å². The highest BCUT2D eigenvalue weighted by atomic mass is 16.5. The first-order chi connectivity index (χ1) is 12.1. The van der Waals surface area contributed by atoms with Gasteiger partial charge in [-0.2, -0.15) is 5.10 Å². The standard InChI is InChI=1S/C21H26N2O2/c1-4-16(3)19-10-12-20(13-11-19)25-15-21(24)23-22-14-18-8-6-17(5-2)7-9-18/h6-14,16H,4-5,15H2,1-3H3,(H,23,24)/b22-14+. The molecule has 0 aliphatic carbocycles. The summed E-state index contributed by atoms with van der Waals surface area (Å²) in [5, 5.41) is 3.95. The van der Waals surface area contributed by atoms with Crippen LogP contribution in [0.4, 0.5) is 0 Å². The summed E-state index contributed by atoms with van der Waals surface area (Å²) in [7, 11) is 0. The molecule has 0 bridgehead atoms. The minimum Gasteiger partial charge on any atom is -0.484 e. The van der Waals surface area contributed by atoms with Crippen molar-refractivity contribution >= 4 is 12.1 Å². The Bertz CT molecular complexity index is 691. The summed E-state index contributed by atoms with van der Waals surface area (Å²) in [5.74, 6) is 0.923. The van der Waals surface area contributed by atoms with Gasteiger partial charge in [0, 0.05) is 0 Å². The molecule has 4 heteroatoms. The van der Waals surface area contributed by atoms with Crippen molar-refractivity contribution in [1.29, 1.82) is 0 Å². The second kappa shape index (κ2) is 9.62. The van der Waals surface area contributed by atoms with E-state index in [0.717, 1.165) is 18.4 Å². The third kappa shape index (κ3) is 6.07. The van der Waals surface area contributed by atoms with E-state index < -0.39 is 0 Å². The Morgan fingerprint density at radius 2 is 1.80 bits per heavy atom.